The number of nitrogens with zero attached hydrogens (tertiary/aromatic N) is 1. The molecule has 38 heavy (non-hydrogen) atoms. The van der Waals surface area contributed by atoms with Gasteiger partial charge in [0.05, 0.1) is 5.56 Å². The first kappa shape index (κ1) is 27.0. The zero-order valence-corrected chi connectivity index (χ0v) is 20.5. The molecule has 198 valence electrons. The molecule has 0 unspecified atom stereocenters. The highest BCUT2D eigenvalue weighted by Gasteiger charge is 2.30. The number of alkyl halides is 3. The Morgan fingerprint density at radius 1 is 1.00 bits per heavy atom. The number of carbonyl (C=O) groups excluding carboxylic acids is 1. The highest BCUT2D eigenvalue weighted by molar-refractivity contribution is 5.90. The van der Waals surface area contributed by atoms with E-state index in [0.29, 0.717) is 25.4 Å². The first-order valence-corrected chi connectivity index (χ1v) is 12.1. The summed E-state index contributed by atoms with van der Waals surface area (Å²) in [4.78, 5) is 16.7. The number of halogens is 3. The largest absolute Gasteiger partial charge is 0.492 e. The van der Waals surface area contributed by atoms with Crippen LogP contribution in [0.1, 0.15) is 22.3 Å². The molecule has 6 nitrogen and oxygen atoms in total. The molecule has 4 aromatic rings. The van der Waals surface area contributed by atoms with Gasteiger partial charge in [-0.25, -0.2) is 5.48 Å². The minimum atomic E-state index is -4.38. The number of aromatic nitrogens is 1. The summed E-state index contributed by atoms with van der Waals surface area (Å²) in [5.41, 5.74) is 5.00. The molecule has 0 spiro atoms. The number of fused-ring (bicyclic) bond motifs is 1. The lowest BCUT2D eigenvalue weighted by atomic mass is 10.1. The number of hydrogen-bond donors (Lipinski definition) is 3. The summed E-state index contributed by atoms with van der Waals surface area (Å²) in [6.45, 7) is 2.27. The third-order valence-electron chi connectivity index (χ3n) is 6.15. The molecular weight excluding hydrogens is 495 g/mol. The lowest BCUT2D eigenvalue weighted by Gasteiger charge is -2.23. The molecule has 0 saturated carbocycles. The topological polar surface area (TPSA) is 77.6 Å². The maximum absolute atomic E-state index is 12.8. The van der Waals surface area contributed by atoms with Crippen molar-refractivity contribution in [2.75, 3.05) is 19.7 Å². The number of benzene rings is 3. The molecular formula is C29H28F3N3O3. The number of hydrogen-bond acceptors (Lipinski definition) is 4. The Bertz CT molecular complexity index is 1360. The van der Waals surface area contributed by atoms with Crippen molar-refractivity contribution in [1.29, 1.82) is 0 Å². The smallest absolute Gasteiger partial charge is 0.416 e. The van der Waals surface area contributed by atoms with Crippen LogP contribution in [-0.2, 0) is 23.9 Å². The standard InChI is InChI=1S/C29H28F3N3O3/c30-29(31,32)24-10-12-25(13-11-24)38-18-17-35(16-15-23-19-33-27-4-2-1-3-26(23)27)20-22-7-5-21(6-8-22)9-14-28(36)34-37/h1-14,19,33,37H,15-18,20H2,(H,34,36)/b14-9+. The second-order valence-corrected chi connectivity index (χ2v) is 8.81. The number of H-pyrrole nitrogens is 1. The number of aromatic amines is 1. The van der Waals surface area contributed by atoms with Gasteiger partial charge < -0.3 is 9.72 Å². The van der Waals surface area contributed by atoms with Crippen LogP contribution in [0.5, 0.6) is 5.75 Å². The summed E-state index contributed by atoms with van der Waals surface area (Å²) >= 11 is 0. The van der Waals surface area contributed by atoms with Crippen LogP contribution >= 0.6 is 0 Å². The first-order chi connectivity index (χ1) is 18.3. The molecule has 0 atom stereocenters. The van der Waals surface area contributed by atoms with Gasteiger partial charge in [-0.2, -0.15) is 13.2 Å². The number of hydroxylamine groups is 1. The molecule has 1 amide bonds. The van der Waals surface area contributed by atoms with Crippen LogP contribution in [-0.4, -0.2) is 40.7 Å². The fourth-order valence-electron chi connectivity index (χ4n) is 4.12. The quantitative estimate of drug-likeness (QED) is 0.131. The van der Waals surface area contributed by atoms with E-state index in [-0.39, 0.29) is 0 Å². The molecule has 9 heteroatoms. The fraction of sp³-hybridized carbons (Fsp3) is 0.207. The van der Waals surface area contributed by atoms with Crippen molar-refractivity contribution in [2.45, 2.75) is 19.1 Å². The van der Waals surface area contributed by atoms with Crippen LogP contribution in [0.3, 0.4) is 0 Å². The zero-order chi connectivity index (χ0) is 27.0. The van der Waals surface area contributed by atoms with E-state index in [4.69, 9.17) is 9.94 Å². The number of carbonyl (C=O) groups is 1. The van der Waals surface area contributed by atoms with E-state index < -0.39 is 17.6 Å². The Morgan fingerprint density at radius 2 is 1.74 bits per heavy atom. The zero-order valence-electron chi connectivity index (χ0n) is 20.5. The molecule has 0 saturated heterocycles. The monoisotopic (exact) mass is 523 g/mol. The number of rotatable bonds is 11. The summed E-state index contributed by atoms with van der Waals surface area (Å²) in [7, 11) is 0. The van der Waals surface area contributed by atoms with Crippen LogP contribution in [0.4, 0.5) is 13.2 Å². The van der Waals surface area contributed by atoms with Gasteiger partial charge in [-0.05, 0) is 59.5 Å². The number of ether oxygens (including phenoxy) is 1. The van der Waals surface area contributed by atoms with E-state index in [0.717, 1.165) is 41.7 Å². The van der Waals surface area contributed by atoms with Crippen molar-refractivity contribution in [1.82, 2.24) is 15.4 Å². The van der Waals surface area contributed by atoms with Gasteiger partial charge in [-0.15, -0.1) is 0 Å². The average Bonchev–Trinajstić information content (AvgIpc) is 3.34. The maximum atomic E-state index is 12.8. The van der Waals surface area contributed by atoms with Crippen molar-refractivity contribution in [3.8, 4) is 5.75 Å². The van der Waals surface area contributed by atoms with Crippen LogP contribution in [0.2, 0.25) is 0 Å². The van der Waals surface area contributed by atoms with Crippen LogP contribution < -0.4 is 10.2 Å². The molecule has 1 heterocycles. The van der Waals surface area contributed by atoms with Crippen LogP contribution in [0, 0.1) is 0 Å². The maximum Gasteiger partial charge on any atom is 0.416 e. The molecule has 0 fully saturated rings. The molecule has 0 aliphatic heterocycles. The first-order valence-electron chi connectivity index (χ1n) is 12.1. The van der Waals surface area contributed by atoms with E-state index in [1.165, 1.54) is 29.2 Å². The second kappa shape index (κ2) is 12.4. The van der Waals surface area contributed by atoms with Gasteiger partial charge in [-0.1, -0.05) is 42.5 Å². The lowest BCUT2D eigenvalue weighted by molar-refractivity contribution is -0.137. The normalized spacial score (nSPS) is 11.9. The number of para-hydroxylation sites is 1. The van der Waals surface area contributed by atoms with Gasteiger partial charge in [0, 0.05) is 42.8 Å². The van der Waals surface area contributed by atoms with Crippen molar-refractivity contribution in [2.24, 2.45) is 0 Å². The summed E-state index contributed by atoms with van der Waals surface area (Å²) < 4.78 is 44.2. The molecule has 0 bridgehead atoms. The third kappa shape index (κ3) is 7.47. The predicted molar refractivity (Wildman–Crippen MR) is 140 cm³/mol. The highest BCUT2D eigenvalue weighted by Crippen LogP contribution is 2.30. The molecule has 0 aliphatic rings. The Hall–Kier alpha value is -4.08. The van der Waals surface area contributed by atoms with Gasteiger partial charge in [0.1, 0.15) is 12.4 Å². The van der Waals surface area contributed by atoms with Crippen molar-refractivity contribution >= 4 is 22.9 Å². The van der Waals surface area contributed by atoms with Crippen molar-refractivity contribution < 1.29 is 27.9 Å². The third-order valence-corrected chi connectivity index (χ3v) is 6.15. The minimum Gasteiger partial charge on any atom is -0.492 e. The van der Waals surface area contributed by atoms with Crippen LogP contribution in [0.25, 0.3) is 17.0 Å². The number of nitrogens with one attached hydrogen (secondary N) is 2. The summed E-state index contributed by atoms with van der Waals surface area (Å²) in [5.74, 6) is -0.219. The van der Waals surface area contributed by atoms with Gasteiger partial charge in [-0.3, -0.25) is 14.9 Å². The van der Waals surface area contributed by atoms with Gasteiger partial charge in [0.2, 0.25) is 0 Å². The molecule has 0 radical (unpaired) electrons. The highest BCUT2D eigenvalue weighted by atomic mass is 19.4. The lowest BCUT2D eigenvalue weighted by Crippen LogP contribution is -2.30. The van der Waals surface area contributed by atoms with E-state index in [9.17, 15) is 18.0 Å². The van der Waals surface area contributed by atoms with Crippen LogP contribution in [0.15, 0.2) is 85.1 Å². The van der Waals surface area contributed by atoms with Crippen molar-refractivity contribution in [3.05, 3.63) is 107 Å². The second-order valence-electron chi connectivity index (χ2n) is 8.81. The predicted octanol–water partition coefficient (Wildman–Crippen LogP) is 5.83. The summed E-state index contributed by atoms with van der Waals surface area (Å²) in [6.07, 6.45) is 1.28. The Morgan fingerprint density at radius 3 is 2.45 bits per heavy atom. The van der Waals surface area contributed by atoms with Crippen molar-refractivity contribution in [3.63, 3.8) is 0 Å². The number of amides is 1. The SMILES string of the molecule is O=C(/C=C/c1ccc(CN(CCOc2ccc(C(F)(F)F)cc2)CCc2c[nH]c3ccccc23)cc1)NO. The molecule has 3 aromatic carbocycles. The molecule has 1 aromatic heterocycles. The Kier molecular flexibility index (Phi) is 8.83. The van der Waals surface area contributed by atoms with Gasteiger partial charge in [0.15, 0.2) is 0 Å². The van der Waals surface area contributed by atoms with E-state index in [2.05, 4.69) is 16.0 Å². The molecule has 3 N–H and O–H groups in total. The summed E-state index contributed by atoms with van der Waals surface area (Å²) in [6, 6.07) is 20.5. The minimum absolute atomic E-state index is 0.316. The summed E-state index contributed by atoms with van der Waals surface area (Å²) in [5, 5.41) is 9.79. The Labute approximate surface area is 218 Å². The van der Waals surface area contributed by atoms with E-state index in [1.807, 2.05) is 48.7 Å². The van der Waals surface area contributed by atoms with Gasteiger partial charge in [0.25, 0.3) is 5.91 Å². The van der Waals surface area contributed by atoms with E-state index >= 15 is 0 Å². The van der Waals surface area contributed by atoms with Gasteiger partial charge >= 0.3 is 6.18 Å². The fourth-order valence-corrected chi connectivity index (χ4v) is 4.12. The molecule has 4 rings (SSSR count). The average molecular weight is 524 g/mol. The Balaban J connectivity index is 1.40. The molecule has 0 aliphatic carbocycles. The van der Waals surface area contributed by atoms with E-state index in [1.54, 1.807) is 11.6 Å².